The zero-order valence-electron chi connectivity index (χ0n) is 19.5. The van der Waals surface area contributed by atoms with Crippen molar-refractivity contribution in [2.45, 2.75) is 80.9 Å². The van der Waals surface area contributed by atoms with Crippen molar-refractivity contribution in [3.8, 4) is 0 Å². The second-order valence-electron chi connectivity index (χ2n) is 10.2. The maximum absolute atomic E-state index is 13.3. The first-order valence-electron chi connectivity index (χ1n) is 11.8. The minimum absolute atomic E-state index is 0.0913. The lowest BCUT2D eigenvalue weighted by molar-refractivity contribution is -0.0588. The molecule has 0 radical (unpaired) electrons. The second kappa shape index (κ2) is 8.56. The van der Waals surface area contributed by atoms with Gasteiger partial charge in [-0.05, 0) is 37.0 Å². The quantitative estimate of drug-likeness (QED) is 0.495. The van der Waals surface area contributed by atoms with Gasteiger partial charge in [0.1, 0.15) is 17.0 Å². The largest absolute Gasteiger partial charge is 0.463 e. The van der Waals surface area contributed by atoms with Crippen molar-refractivity contribution in [2.75, 3.05) is 13.2 Å². The van der Waals surface area contributed by atoms with E-state index < -0.39 is 16.1 Å². The van der Waals surface area contributed by atoms with Gasteiger partial charge in [-0.1, -0.05) is 40.0 Å². The highest BCUT2D eigenvalue weighted by atomic mass is 32.2. The van der Waals surface area contributed by atoms with Gasteiger partial charge in [0.25, 0.3) is 0 Å². The van der Waals surface area contributed by atoms with Gasteiger partial charge in [-0.3, -0.25) is 0 Å². The zero-order valence-corrected chi connectivity index (χ0v) is 20.4. The lowest BCUT2D eigenvalue weighted by Crippen LogP contribution is -2.22. The lowest BCUT2D eigenvalue weighted by Gasteiger charge is -2.26. The summed E-state index contributed by atoms with van der Waals surface area (Å²) in [6.45, 7) is 8.32. The van der Waals surface area contributed by atoms with Crippen LogP contribution in [0.1, 0.15) is 70.7 Å². The van der Waals surface area contributed by atoms with Crippen LogP contribution < -0.4 is 0 Å². The molecular weight excluding hydrogens is 440 g/mol. The van der Waals surface area contributed by atoms with Crippen molar-refractivity contribution < 1.29 is 22.3 Å². The number of benzene rings is 1. The van der Waals surface area contributed by atoms with E-state index in [-0.39, 0.29) is 15.2 Å². The van der Waals surface area contributed by atoms with Crippen LogP contribution in [0.5, 0.6) is 0 Å². The molecule has 1 saturated heterocycles. The summed E-state index contributed by atoms with van der Waals surface area (Å²) in [4.78, 5) is 5.22. The number of ether oxygens (including phenoxy) is 2. The fourth-order valence-corrected chi connectivity index (χ4v) is 6.15. The number of hydrogen-bond acceptors (Lipinski definition) is 6. The van der Waals surface area contributed by atoms with Crippen LogP contribution in [-0.4, -0.2) is 31.2 Å². The Morgan fingerprint density at radius 2 is 1.76 bits per heavy atom. The Kier molecular flexibility index (Phi) is 5.87. The Morgan fingerprint density at radius 1 is 1.03 bits per heavy atom. The third-order valence-electron chi connectivity index (χ3n) is 6.63. The Labute approximate surface area is 195 Å². The van der Waals surface area contributed by atoms with Crippen LogP contribution in [0.3, 0.4) is 0 Å². The third kappa shape index (κ3) is 4.36. The van der Waals surface area contributed by atoms with Gasteiger partial charge in [-0.25, -0.2) is 13.4 Å². The van der Waals surface area contributed by atoms with E-state index in [1.807, 2.05) is 6.07 Å². The maximum Gasteiger partial charge on any atom is 0.217 e. The van der Waals surface area contributed by atoms with Gasteiger partial charge in [0, 0.05) is 18.0 Å². The Bertz CT molecular complexity index is 1240. The number of rotatable bonds is 5. The van der Waals surface area contributed by atoms with Gasteiger partial charge in [0.2, 0.25) is 16.1 Å². The molecule has 1 aromatic carbocycles. The third-order valence-corrected chi connectivity index (χ3v) is 8.34. The number of aromatic nitrogens is 2. The molecule has 0 spiro atoms. The first-order valence-corrected chi connectivity index (χ1v) is 13.3. The molecule has 178 valence electrons. The molecule has 5 rings (SSSR count). The minimum Gasteiger partial charge on any atom is -0.463 e. The summed E-state index contributed by atoms with van der Waals surface area (Å²) in [5, 5.41) is 0. The average molecular weight is 473 g/mol. The molecule has 1 aliphatic heterocycles. The average Bonchev–Trinajstić information content (AvgIpc) is 3.53. The molecule has 0 amide bonds. The molecule has 1 saturated carbocycles. The van der Waals surface area contributed by atoms with Crippen molar-refractivity contribution in [3.05, 3.63) is 42.1 Å². The summed E-state index contributed by atoms with van der Waals surface area (Å²) < 4.78 is 45.3. The summed E-state index contributed by atoms with van der Waals surface area (Å²) in [5.41, 5.74) is 1.56. The fourth-order valence-electron chi connectivity index (χ4n) is 4.92. The van der Waals surface area contributed by atoms with Crippen molar-refractivity contribution in [2.24, 2.45) is 5.92 Å². The van der Waals surface area contributed by atoms with Gasteiger partial charge in [0.05, 0.1) is 29.1 Å². The summed E-state index contributed by atoms with van der Waals surface area (Å²) in [7, 11) is -3.76. The van der Waals surface area contributed by atoms with Gasteiger partial charge in [0.15, 0.2) is 5.76 Å². The molecule has 2 aliphatic rings. The molecule has 7 nitrogen and oxygen atoms in total. The van der Waals surface area contributed by atoms with Crippen LogP contribution in [0.25, 0.3) is 11.0 Å². The molecule has 33 heavy (non-hydrogen) atoms. The highest BCUT2D eigenvalue weighted by molar-refractivity contribution is 7.91. The van der Waals surface area contributed by atoms with E-state index in [0.717, 1.165) is 17.9 Å². The van der Waals surface area contributed by atoms with Crippen LogP contribution in [-0.2, 0) is 31.3 Å². The van der Waals surface area contributed by atoms with Gasteiger partial charge in [-0.2, -0.15) is 0 Å². The van der Waals surface area contributed by atoms with Crippen molar-refractivity contribution in [1.82, 2.24) is 9.55 Å². The Hall–Kier alpha value is -2.16. The minimum atomic E-state index is -3.76. The molecular formula is C25H32N2O5S. The number of furan rings is 1. The van der Waals surface area contributed by atoms with Crippen molar-refractivity contribution in [1.29, 1.82) is 0 Å². The summed E-state index contributed by atoms with van der Waals surface area (Å²) in [5.74, 6) is 2.00. The molecule has 3 heterocycles. The molecule has 3 aromatic rings. The number of hydrogen-bond donors (Lipinski definition) is 0. The molecule has 1 aliphatic carbocycles. The summed E-state index contributed by atoms with van der Waals surface area (Å²) in [6.07, 6.45) is 6.98. The molecule has 0 bridgehead atoms. The van der Waals surface area contributed by atoms with Crippen molar-refractivity contribution >= 4 is 20.9 Å². The highest BCUT2D eigenvalue weighted by Gasteiger charge is 2.29. The number of fused-ring (bicyclic) bond motifs is 1. The van der Waals surface area contributed by atoms with E-state index in [2.05, 4.69) is 25.3 Å². The number of sulfone groups is 1. The summed E-state index contributed by atoms with van der Waals surface area (Å²) in [6, 6.07) is 6.75. The van der Waals surface area contributed by atoms with Crippen molar-refractivity contribution in [3.63, 3.8) is 0 Å². The Morgan fingerprint density at radius 3 is 2.45 bits per heavy atom. The SMILES string of the molecule is CC(C)(C)c1nc2cc(S(=O)(=O)c3coc(C4OCCO4)c3)ccc2n1CC1CCCCC1. The molecule has 0 N–H and O–H groups in total. The monoisotopic (exact) mass is 472 g/mol. The van der Waals surface area contributed by atoms with Crippen LogP contribution >= 0.6 is 0 Å². The zero-order chi connectivity index (χ0) is 23.2. The van der Waals surface area contributed by atoms with E-state index >= 15 is 0 Å². The second-order valence-corrected chi connectivity index (χ2v) is 12.2. The molecule has 0 atom stereocenters. The van der Waals surface area contributed by atoms with Crippen LogP contribution in [0.15, 0.2) is 44.7 Å². The fraction of sp³-hybridized carbons (Fsp3) is 0.560. The molecule has 0 unspecified atom stereocenters. The normalized spacial score (nSPS) is 19.0. The van der Waals surface area contributed by atoms with Crippen LogP contribution in [0.4, 0.5) is 0 Å². The predicted octanol–water partition coefficient (Wildman–Crippen LogP) is 5.39. The lowest BCUT2D eigenvalue weighted by atomic mass is 9.88. The van der Waals surface area contributed by atoms with Gasteiger partial charge >= 0.3 is 0 Å². The van der Waals surface area contributed by atoms with Gasteiger partial charge in [-0.15, -0.1) is 0 Å². The highest BCUT2D eigenvalue weighted by Crippen LogP contribution is 2.34. The standard InChI is InChI=1S/C25H32N2O5S/c1-25(2,3)24-26-20-13-18(9-10-21(20)27(24)15-17-7-5-4-6-8-17)33(28,29)19-14-22(32-16-19)23-30-11-12-31-23/h9-10,13-14,16-17,23H,4-8,11-12,15H2,1-3H3. The van der Waals surface area contributed by atoms with E-state index in [1.165, 1.54) is 44.4 Å². The topological polar surface area (TPSA) is 83.6 Å². The molecule has 2 aromatic heterocycles. The molecule has 2 fully saturated rings. The Balaban J connectivity index is 1.51. The first kappa shape index (κ1) is 22.6. The smallest absolute Gasteiger partial charge is 0.217 e. The first-order chi connectivity index (χ1) is 15.7. The maximum atomic E-state index is 13.3. The van der Waals surface area contributed by atoms with E-state index in [0.29, 0.717) is 30.4 Å². The van der Waals surface area contributed by atoms with Crippen LogP contribution in [0, 0.1) is 5.92 Å². The number of imidazole rings is 1. The molecule has 8 heteroatoms. The van der Waals surface area contributed by atoms with E-state index in [1.54, 1.807) is 12.1 Å². The van der Waals surface area contributed by atoms with E-state index in [9.17, 15) is 8.42 Å². The van der Waals surface area contributed by atoms with E-state index in [4.69, 9.17) is 18.9 Å². The predicted molar refractivity (Wildman–Crippen MR) is 124 cm³/mol. The van der Waals surface area contributed by atoms with Crippen LogP contribution in [0.2, 0.25) is 0 Å². The summed E-state index contributed by atoms with van der Waals surface area (Å²) >= 11 is 0. The number of nitrogens with zero attached hydrogens (tertiary/aromatic N) is 2. The van der Waals surface area contributed by atoms with Gasteiger partial charge < -0.3 is 18.5 Å².